The number of para-hydroxylation sites is 1. The van der Waals surface area contributed by atoms with Crippen molar-refractivity contribution < 1.29 is 0 Å². The Morgan fingerprint density at radius 1 is 1.00 bits per heavy atom. The van der Waals surface area contributed by atoms with Gasteiger partial charge in [-0.2, -0.15) is 5.10 Å². The Kier molecular flexibility index (Phi) is 3.64. The summed E-state index contributed by atoms with van der Waals surface area (Å²) in [6.07, 6.45) is 0. The molecule has 2 nitrogen and oxygen atoms in total. The number of nitrogens with zero attached hydrogens (tertiary/aromatic N) is 2. The number of benzene rings is 2. The maximum Gasteiger partial charge on any atom is 0.136 e. The predicted octanol–water partition coefficient (Wildman–Crippen LogP) is 5.26. The van der Waals surface area contributed by atoms with E-state index in [0.717, 1.165) is 27.0 Å². The largest absolute Gasteiger partial charge is 0.220 e. The highest BCUT2D eigenvalue weighted by atomic mass is 79.9. The van der Waals surface area contributed by atoms with E-state index in [1.165, 1.54) is 0 Å². The van der Waals surface area contributed by atoms with E-state index in [0.29, 0.717) is 5.15 Å². The lowest BCUT2D eigenvalue weighted by molar-refractivity contribution is 0.880. The fourth-order valence-electron chi connectivity index (χ4n) is 2.13. The summed E-state index contributed by atoms with van der Waals surface area (Å²) in [7, 11) is 0. The fraction of sp³-hybridized carbons (Fsp3) is 0.0625. The summed E-state index contributed by atoms with van der Waals surface area (Å²) in [5.74, 6) is 0. The van der Waals surface area contributed by atoms with Crippen molar-refractivity contribution in [3.05, 3.63) is 69.8 Å². The highest BCUT2D eigenvalue weighted by molar-refractivity contribution is 9.10. The molecule has 0 aliphatic rings. The molecule has 3 aromatic rings. The van der Waals surface area contributed by atoms with E-state index in [9.17, 15) is 0 Å². The molecular formula is C16H12BrClN2. The van der Waals surface area contributed by atoms with Gasteiger partial charge in [-0.3, -0.25) is 0 Å². The van der Waals surface area contributed by atoms with Gasteiger partial charge in [0.2, 0.25) is 0 Å². The van der Waals surface area contributed by atoms with Crippen LogP contribution in [0.4, 0.5) is 0 Å². The van der Waals surface area contributed by atoms with Crippen LogP contribution in [-0.2, 0) is 0 Å². The molecule has 0 aliphatic carbocycles. The normalized spacial score (nSPS) is 10.8. The molecule has 0 fully saturated rings. The quantitative estimate of drug-likeness (QED) is 0.618. The van der Waals surface area contributed by atoms with E-state index >= 15 is 0 Å². The van der Waals surface area contributed by atoms with Crippen molar-refractivity contribution in [2.45, 2.75) is 6.92 Å². The molecule has 0 atom stereocenters. The van der Waals surface area contributed by atoms with Gasteiger partial charge in [0.25, 0.3) is 0 Å². The van der Waals surface area contributed by atoms with E-state index in [-0.39, 0.29) is 0 Å². The fourth-order valence-corrected chi connectivity index (χ4v) is 2.80. The van der Waals surface area contributed by atoms with Crippen LogP contribution in [0.2, 0.25) is 5.15 Å². The van der Waals surface area contributed by atoms with Crippen LogP contribution in [0.5, 0.6) is 0 Å². The molecule has 2 aromatic carbocycles. The van der Waals surface area contributed by atoms with Gasteiger partial charge in [0.05, 0.1) is 11.4 Å². The van der Waals surface area contributed by atoms with E-state index in [4.69, 9.17) is 11.6 Å². The number of hydrogen-bond donors (Lipinski definition) is 0. The van der Waals surface area contributed by atoms with Crippen LogP contribution in [0.1, 0.15) is 5.56 Å². The van der Waals surface area contributed by atoms with Gasteiger partial charge < -0.3 is 0 Å². The summed E-state index contributed by atoms with van der Waals surface area (Å²) >= 11 is 9.99. The van der Waals surface area contributed by atoms with Crippen LogP contribution < -0.4 is 0 Å². The maximum atomic E-state index is 6.45. The van der Waals surface area contributed by atoms with Crippen LogP contribution in [0.3, 0.4) is 0 Å². The molecule has 0 saturated heterocycles. The summed E-state index contributed by atoms with van der Waals surface area (Å²) in [5, 5.41) is 5.30. The number of rotatable bonds is 2. The molecule has 0 bridgehead atoms. The van der Waals surface area contributed by atoms with E-state index in [1.54, 1.807) is 4.68 Å². The molecule has 20 heavy (non-hydrogen) atoms. The maximum absolute atomic E-state index is 6.45. The van der Waals surface area contributed by atoms with Crippen molar-refractivity contribution >= 4 is 27.5 Å². The molecule has 1 heterocycles. The SMILES string of the molecule is Cc1c(-c2ccccc2)nn(-c2ccccc2Br)c1Cl. The Hall–Kier alpha value is -1.58. The Morgan fingerprint density at radius 3 is 2.35 bits per heavy atom. The first-order valence-corrected chi connectivity index (χ1v) is 7.41. The molecular weight excluding hydrogens is 336 g/mol. The molecule has 0 spiro atoms. The molecule has 0 amide bonds. The zero-order valence-corrected chi connectivity index (χ0v) is 13.2. The van der Waals surface area contributed by atoms with Gasteiger partial charge in [-0.1, -0.05) is 54.1 Å². The van der Waals surface area contributed by atoms with Gasteiger partial charge in [0.15, 0.2) is 0 Å². The standard InChI is InChI=1S/C16H12BrClN2/c1-11-15(12-7-3-2-4-8-12)19-20(16(11)18)14-10-6-5-9-13(14)17/h2-10H,1H3. The van der Waals surface area contributed by atoms with Crippen molar-refractivity contribution in [1.82, 2.24) is 9.78 Å². The van der Waals surface area contributed by atoms with E-state index in [1.807, 2.05) is 61.5 Å². The minimum atomic E-state index is 0.635. The molecule has 100 valence electrons. The molecule has 0 N–H and O–H groups in total. The van der Waals surface area contributed by atoms with Gasteiger partial charge >= 0.3 is 0 Å². The zero-order valence-electron chi connectivity index (χ0n) is 10.8. The molecule has 0 unspecified atom stereocenters. The minimum Gasteiger partial charge on any atom is -0.220 e. The van der Waals surface area contributed by atoms with E-state index in [2.05, 4.69) is 21.0 Å². The van der Waals surface area contributed by atoms with Crippen molar-refractivity contribution in [1.29, 1.82) is 0 Å². The van der Waals surface area contributed by atoms with Crippen molar-refractivity contribution in [3.63, 3.8) is 0 Å². The molecule has 0 aliphatic heterocycles. The van der Waals surface area contributed by atoms with Crippen LogP contribution in [0.25, 0.3) is 16.9 Å². The topological polar surface area (TPSA) is 17.8 Å². The summed E-state index contributed by atoms with van der Waals surface area (Å²) in [6.45, 7) is 1.99. The summed E-state index contributed by atoms with van der Waals surface area (Å²) in [5.41, 5.74) is 3.89. The van der Waals surface area contributed by atoms with Crippen LogP contribution in [-0.4, -0.2) is 9.78 Å². The lowest BCUT2D eigenvalue weighted by atomic mass is 10.1. The zero-order chi connectivity index (χ0) is 14.1. The lowest BCUT2D eigenvalue weighted by Gasteiger charge is -2.05. The smallest absolute Gasteiger partial charge is 0.136 e. The minimum absolute atomic E-state index is 0.635. The van der Waals surface area contributed by atoms with Gasteiger partial charge in [-0.15, -0.1) is 0 Å². The summed E-state index contributed by atoms with van der Waals surface area (Å²) in [4.78, 5) is 0. The lowest BCUT2D eigenvalue weighted by Crippen LogP contribution is -1.97. The molecule has 0 saturated carbocycles. The van der Waals surface area contributed by atoms with Gasteiger partial charge in [0.1, 0.15) is 5.15 Å². The third kappa shape index (κ3) is 2.28. The third-order valence-electron chi connectivity index (χ3n) is 3.18. The highest BCUT2D eigenvalue weighted by Crippen LogP contribution is 2.31. The molecule has 4 heteroatoms. The Balaban J connectivity index is 2.19. The number of aromatic nitrogens is 2. The number of halogens is 2. The first-order valence-electron chi connectivity index (χ1n) is 6.24. The van der Waals surface area contributed by atoms with Gasteiger partial charge in [-0.05, 0) is 35.0 Å². The van der Waals surface area contributed by atoms with Crippen molar-refractivity contribution in [2.75, 3.05) is 0 Å². The Morgan fingerprint density at radius 2 is 1.65 bits per heavy atom. The molecule has 3 rings (SSSR count). The van der Waals surface area contributed by atoms with Crippen molar-refractivity contribution in [3.8, 4) is 16.9 Å². The Labute approximate surface area is 131 Å². The third-order valence-corrected chi connectivity index (χ3v) is 4.29. The monoisotopic (exact) mass is 346 g/mol. The van der Waals surface area contributed by atoms with Crippen LogP contribution in [0, 0.1) is 6.92 Å². The highest BCUT2D eigenvalue weighted by Gasteiger charge is 2.16. The second kappa shape index (κ2) is 5.43. The van der Waals surface area contributed by atoms with Crippen molar-refractivity contribution in [2.24, 2.45) is 0 Å². The summed E-state index contributed by atoms with van der Waals surface area (Å²) < 4.78 is 2.73. The van der Waals surface area contributed by atoms with Crippen LogP contribution >= 0.6 is 27.5 Å². The molecule has 0 radical (unpaired) electrons. The summed E-state index contributed by atoms with van der Waals surface area (Å²) in [6, 6.07) is 18.0. The van der Waals surface area contributed by atoms with Crippen LogP contribution in [0.15, 0.2) is 59.1 Å². The average Bonchev–Trinajstić information content (AvgIpc) is 2.77. The average molecular weight is 348 g/mol. The first kappa shape index (κ1) is 13.4. The second-order valence-electron chi connectivity index (χ2n) is 4.49. The van der Waals surface area contributed by atoms with Gasteiger partial charge in [0, 0.05) is 15.6 Å². The molecule has 1 aromatic heterocycles. The second-order valence-corrected chi connectivity index (χ2v) is 5.71. The number of hydrogen-bond acceptors (Lipinski definition) is 1. The van der Waals surface area contributed by atoms with E-state index < -0.39 is 0 Å². The predicted molar refractivity (Wildman–Crippen MR) is 86.4 cm³/mol. The first-order chi connectivity index (χ1) is 9.68. The van der Waals surface area contributed by atoms with Gasteiger partial charge in [-0.25, -0.2) is 4.68 Å². The Bertz CT molecular complexity index is 750.